The summed E-state index contributed by atoms with van der Waals surface area (Å²) in [6, 6.07) is 2.16. The first kappa shape index (κ1) is 15.5. The molecule has 1 aromatic rings. The molecular formula is C15H19F3N2O. The lowest BCUT2D eigenvalue weighted by atomic mass is 9.97. The van der Waals surface area contributed by atoms with Crippen LogP contribution in [0.2, 0.25) is 0 Å². The molecule has 0 spiro atoms. The van der Waals surface area contributed by atoms with Gasteiger partial charge in [-0.1, -0.05) is 11.6 Å². The van der Waals surface area contributed by atoms with E-state index in [0.717, 1.165) is 25.3 Å². The van der Waals surface area contributed by atoms with Crippen LogP contribution in [0.4, 0.5) is 24.5 Å². The van der Waals surface area contributed by atoms with E-state index in [-0.39, 0.29) is 5.69 Å². The van der Waals surface area contributed by atoms with E-state index in [1.54, 1.807) is 0 Å². The molecule has 0 bridgehead atoms. The molecule has 0 heterocycles. The molecule has 2 rings (SSSR count). The van der Waals surface area contributed by atoms with Gasteiger partial charge >= 0.3 is 6.61 Å². The zero-order chi connectivity index (χ0) is 15.2. The molecule has 0 amide bonds. The summed E-state index contributed by atoms with van der Waals surface area (Å²) in [6.07, 6.45) is 7.75. The van der Waals surface area contributed by atoms with E-state index in [2.05, 4.69) is 16.1 Å². The number of alkyl halides is 2. The van der Waals surface area contributed by atoms with Gasteiger partial charge in [0.05, 0.1) is 11.4 Å². The maximum atomic E-state index is 13.4. The highest BCUT2D eigenvalue weighted by molar-refractivity contribution is 5.68. The fourth-order valence-electron chi connectivity index (χ4n) is 2.40. The van der Waals surface area contributed by atoms with Crippen molar-refractivity contribution in [2.75, 3.05) is 17.6 Å². The summed E-state index contributed by atoms with van der Waals surface area (Å²) >= 11 is 0. The summed E-state index contributed by atoms with van der Waals surface area (Å²) in [4.78, 5) is 0. The quantitative estimate of drug-likeness (QED) is 0.608. The number of benzene rings is 1. The Morgan fingerprint density at radius 1 is 1.29 bits per heavy atom. The van der Waals surface area contributed by atoms with E-state index >= 15 is 0 Å². The minimum atomic E-state index is -3.07. The van der Waals surface area contributed by atoms with E-state index in [1.165, 1.54) is 24.5 Å². The first-order valence-electron chi connectivity index (χ1n) is 7.02. The van der Waals surface area contributed by atoms with Crippen molar-refractivity contribution in [1.29, 1.82) is 0 Å². The summed E-state index contributed by atoms with van der Waals surface area (Å²) in [5, 5.41) is 3.04. The molecular weight excluding hydrogens is 281 g/mol. The van der Waals surface area contributed by atoms with Crippen LogP contribution in [0.25, 0.3) is 0 Å². The molecule has 0 atom stereocenters. The number of nitrogens with two attached hydrogens (primary N) is 1. The number of allylic oxidation sites excluding steroid dienone is 1. The van der Waals surface area contributed by atoms with Gasteiger partial charge in [0.15, 0.2) is 11.6 Å². The second kappa shape index (κ2) is 7.24. The topological polar surface area (TPSA) is 47.3 Å². The number of hydrogen-bond acceptors (Lipinski definition) is 3. The first-order chi connectivity index (χ1) is 10.1. The van der Waals surface area contributed by atoms with Crippen LogP contribution in [0.1, 0.15) is 32.1 Å². The molecule has 116 valence electrons. The Hall–Kier alpha value is -1.85. The van der Waals surface area contributed by atoms with Crippen LogP contribution >= 0.6 is 0 Å². The van der Waals surface area contributed by atoms with Crippen molar-refractivity contribution in [3.63, 3.8) is 0 Å². The lowest BCUT2D eigenvalue weighted by Crippen LogP contribution is -2.09. The molecule has 0 unspecified atom stereocenters. The minimum absolute atomic E-state index is 0.173. The van der Waals surface area contributed by atoms with Gasteiger partial charge in [0.2, 0.25) is 0 Å². The van der Waals surface area contributed by atoms with Crippen molar-refractivity contribution < 1.29 is 17.9 Å². The summed E-state index contributed by atoms with van der Waals surface area (Å²) < 4.78 is 41.9. The molecule has 3 nitrogen and oxygen atoms in total. The summed E-state index contributed by atoms with van der Waals surface area (Å²) in [7, 11) is 0. The number of halogens is 3. The number of nitrogens with one attached hydrogen (secondary N) is 1. The Morgan fingerprint density at radius 2 is 2.10 bits per heavy atom. The fourth-order valence-corrected chi connectivity index (χ4v) is 2.40. The predicted octanol–water partition coefficient (Wildman–Crippen LogP) is 4.31. The smallest absolute Gasteiger partial charge is 0.387 e. The second-order valence-electron chi connectivity index (χ2n) is 5.03. The van der Waals surface area contributed by atoms with Gasteiger partial charge in [-0.05, 0) is 32.1 Å². The van der Waals surface area contributed by atoms with Crippen LogP contribution < -0.4 is 15.8 Å². The van der Waals surface area contributed by atoms with Crippen LogP contribution in [-0.2, 0) is 0 Å². The molecule has 0 radical (unpaired) electrons. The Morgan fingerprint density at radius 3 is 2.76 bits per heavy atom. The Labute approximate surface area is 122 Å². The van der Waals surface area contributed by atoms with Crippen molar-refractivity contribution in [2.45, 2.75) is 38.7 Å². The number of nitrogen functional groups attached to an aromatic ring is 1. The van der Waals surface area contributed by atoms with Gasteiger partial charge in [0, 0.05) is 18.7 Å². The molecule has 3 N–H and O–H groups in total. The molecule has 1 aromatic carbocycles. The zero-order valence-electron chi connectivity index (χ0n) is 11.7. The van der Waals surface area contributed by atoms with Crippen molar-refractivity contribution in [3.8, 4) is 5.75 Å². The van der Waals surface area contributed by atoms with Crippen LogP contribution in [0, 0.1) is 5.82 Å². The van der Waals surface area contributed by atoms with Crippen molar-refractivity contribution in [2.24, 2.45) is 0 Å². The Balaban J connectivity index is 1.96. The fraction of sp³-hybridized carbons (Fsp3) is 0.467. The molecule has 0 saturated carbocycles. The molecule has 1 aliphatic carbocycles. The number of anilines is 2. The van der Waals surface area contributed by atoms with Gasteiger partial charge < -0.3 is 15.8 Å². The predicted molar refractivity (Wildman–Crippen MR) is 77.1 cm³/mol. The molecule has 0 fully saturated rings. The van der Waals surface area contributed by atoms with Gasteiger partial charge in [0.1, 0.15) is 0 Å². The lowest BCUT2D eigenvalue weighted by Gasteiger charge is -2.15. The van der Waals surface area contributed by atoms with Gasteiger partial charge in [-0.15, -0.1) is 0 Å². The van der Waals surface area contributed by atoms with Crippen molar-refractivity contribution >= 4 is 11.4 Å². The average molecular weight is 300 g/mol. The average Bonchev–Trinajstić information content (AvgIpc) is 2.44. The Kier molecular flexibility index (Phi) is 5.36. The van der Waals surface area contributed by atoms with Gasteiger partial charge in [-0.25, -0.2) is 4.39 Å². The third-order valence-electron chi connectivity index (χ3n) is 3.47. The van der Waals surface area contributed by atoms with Crippen molar-refractivity contribution in [1.82, 2.24) is 0 Å². The van der Waals surface area contributed by atoms with Gasteiger partial charge in [-0.3, -0.25) is 0 Å². The molecule has 0 aliphatic heterocycles. The summed E-state index contributed by atoms with van der Waals surface area (Å²) in [5.41, 5.74) is 7.65. The monoisotopic (exact) mass is 300 g/mol. The lowest BCUT2D eigenvalue weighted by molar-refractivity contribution is -0.0521. The maximum Gasteiger partial charge on any atom is 0.387 e. The van der Waals surface area contributed by atoms with E-state index in [0.29, 0.717) is 12.2 Å². The highest BCUT2D eigenvalue weighted by Crippen LogP contribution is 2.29. The minimum Gasteiger partial charge on any atom is -0.432 e. The maximum absolute atomic E-state index is 13.4. The third-order valence-corrected chi connectivity index (χ3v) is 3.47. The van der Waals surface area contributed by atoms with Crippen LogP contribution in [0.3, 0.4) is 0 Å². The number of ether oxygens (including phenoxy) is 1. The summed E-state index contributed by atoms with van der Waals surface area (Å²) in [5.74, 6) is -1.40. The highest BCUT2D eigenvalue weighted by Gasteiger charge is 2.13. The van der Waals surface area contributed by atoms with Crippen molar-refractivity contribution in [3.05, 3.63) is 29.6 Å². The standard InChI is InChI=1S/C15H19F3N2O/c16-11-8-12(19)13(9-14(11)21-15(17)18)20-7-6-10-4-2-1-3-5-10/h4,8-9,15,20H,1-3,5-7,19H2. The normalized spacial score (nSPS) is 15.0. The van der Waals surface area contributed by atoms with E-state index < -0.39 is 18.2 Å². The van der Waals surface area contributed by atoms with Gasteiger partial charge in [0.25, 0.3) is 0 Å². The molecule has 21 heavy (non-hydrogen) atoms. The van der Waals surface area contributed by atoms with Crippen LogP contribution in [-0.4, -0.2) is 13.2 Å². The summed E-state index contributed by atoms with van der Waals surface area (Å²) in [6.45, 7) is -2.45. The Bertz CT molecular complexity index is 518. The van der Waals surface area contributed by atoms with Gasteiger partial charge in [-0.2, -0.15) is 8.78 Å². The molecule has 1 aliphatic rings. The largest absolute Gasteiger partial charge is 0.432 e. The van der Waals surface area contributed by atoms with Crippen LogP contribution in [0.5, 0.6) is 5.75 Å². The van der Waals surface area contributed by atoms with E-state index in [4.69, 9.17) is 5.73 Å². The van der Waals surface area contributed by atoms with Crippen LogP contribution in [0.15, 0.2) is 23.8 Å². The number of hydrogen-bond donors (Lipinski definition) is 2. The zero-order valence-corrected chi connectivity index (χ0v) is 11.7. The SMILES string of the molecule is Nc1cc(F)c(OC(F)F)cc1NCCC1=CCCCC1. The second-order valence-corrected chi connectivity index (χ2v) is 5.03. The third kappa shape index (κ3) is 4.58. The number of rotatable bonds is 6. The highest BCUT2D eigenvalue weighted by atomic mass is 19.3. The molecule has 0 saturated heterocycles. The van der Waals surface area contributed by atoms with E-state index in [1.807, 2.05) is 0 Å². The molecule has 0 aromatic heterocycles. The van der Waals surface area contributed by atoms with E-state index in [9.17, 15) is 13.2 Å². The molecule has 6 heteroatoms. The first-order valence-corrected chi connectivity index (χ1v) is 7.02.